The molecule has 0 unspecified atom stereocenters. The quantitative estimate of drug-likeness (QED) is 0.865. The summed E-state index contributed by atoms with van der Waals surface area (Å²) in [6, 6.07) is 4.73. The van der Waals surface area contributed by atoms with Crippen molar-refractivity contribution in [2.45, 2.75) is 50.0 Å². The van der Waals surface area contributed by atoms with E-state index >= 15 is 0 Å². The maximum absolute atomic E-state index is 13.9. The fourth-order valence-corrected chi connectivity index (χ4v) is 3.80. The zero-order chi connectivity index (χ0) is 16.7. The fourth-order valence-electron chi connectivity index (χ4n) is 3.64. The van der Waals surface area contributed by atoms with Gasteiger partial charge in [-0.05, 0) is 31.9 Å². The van der Waals surface area contributed by atoms with Crippen molar-refractivity contribution < 1.29 is 19.3 Å². The van der Waals surface area contributed by atoms with E-state index in [-0.39, 0.29) is 5.82 Å². The minimum absolute atomic E-state index is 0.297. The number of rotatable bonds is 2. The van der Waals surface area contributed by atoms with Gasteiger partial charge < -0.3 is 14.9 Å². The normalized spacial score (nSPS) is 31.4. The van der Waals surface area contributed by atoms with Crippen LogP contribution in [0.15, 0.2) is 18.2 Å². The molecule has 2 heterocycles. The van der Waals surface area contributed by atoms with Gasteiger partial charge in [-0.2, -0.15) is 0 Å². The predicted molar refractivity (Wildman–Crippen MR) is 85.9 cm³/mol. The van der Waals surface area contributed by atoms with Crippen LogP contribution in [0.4, 0.5) is 4.39 Å². The maximum Gasteiger partial charge on any atom is 0.129 e. The summed E-state index contributed by atoms with van der Waals surface area (Å²) in [5.41, 5.74) is -1.18. The lowest BCUT2D eigenvalue weighted by molar-refractivity contribution is -0.246. The third kappa shape index (κ3) is 3.39. The van der Waals surface area contributed by atoms with E-state index in [0.29, 0.717) is 56.1 Å². The number of halogens is 2. The van der Waals surface area contributed by atoms with Gasteiger partial charge in [-0.1, -0.05) is 17.7 Å². The highest BCUT2D eigenvalue weighted by atomic mass is 35.5. The fraction of sp³-hybridized carbons (Fsp3) is 0.647. The first kappa shape index (κ1) is 17.1. The Labute approximate surface area is 140 Å². The third-order valence-corrected chi connectivity index (χ3v) is 5.43. The number of hydrogen-bond acceptors (Lipinski definition) is 4. The Morgan fingerprint density at radius 3 is 2.70 bits per heavy atom. The zero-order valence-electron chi connectivity index (χ0n) is 13.3. The van der Waals surface area contributed by atoms with Crippen LogP contribution in [-0.2, 0) is 11.3 Å². The molecule has 1 aromatic rings. The summed E-state index contributed by atoms with van der Waals surface area (Å²) in [7, 11) is 0. The lowest BCUT2D eigenvalue weighted by Gasteiger charge is -2.51. The number of benzene rings is 1. The van der Waals surface area contributed by atoms with Gasteiger partial charge in [0.2, 0.25) is 0 Å². The Bertz CT molecular complexity index is 573. The summed E-state index contributed by atoms with van der Waals surface area (Å²) in [5, 5.41) is 21.2. The van der Waals surface area contributed by atoms with Gasteiger partial charge in [0.25, 0.3) is 0 Å². The minimum Gasteiger partial charge on any atom is -0.387 e. The molecule has 0 radical (unpaired) electrons. The van der Waals surface area contributed by atoms with Gasteiger partial charge in [-0.25, -0.2) is 4.39 Å². The maximum atomic E-state index is 13.9. The highest BCUT2D eigenvalue weighted by Crippen LogP contribution is 2.40. The van der Waals surface area contributed by atoms with Gasteiger partial charge in [-0.3, -0.25) is 4.90 Å². The van der Waals surface area contributed by atoms with Crippen LogP contribution < -0.4 is 0 Å². The summed E-state index contributed by atoms with van der Waals surface area (Å²) >= 11 is 5.78. The van der Waals surface area contributed by atoms with Gasteiger partial charge in [0.15, 0.2) is 0 Å². The van der Waals surface area contributed by atoms with Gasteiger partial charge in [0.05, 0.1) is 17.8 Å². The predicted octanol–water partition coefficient (Wildman–Crippen LogP) is 2.35. The van der Waals surface area contributed by atoms with Gasteiger partial charge in [-0.15, -0.1) is 0 Å². The van der Waals surface area contributed by atoms with Crippen molar-refractivity contribution in [2.24, 2.45) is 0 Å². The summed E-state index contributed by atoms with van der Waals surface area (Å²) in [6.45, 7) is 4.00. The van der Waals surface area contributed by atoms with Crippen molar-refractivity contribution in [3.05, 3.63) is 34.6 Å². The molecule has 2 aliphatic rings. The monoisotopic (exact) mass is 343 g/mol. The van der Waals surface area contributed by atoms with Gasteiger partial charge in [0.1, 0.15) is 11.9 Å². The van der Waals surface area contributed by atoms with Gasteiger partial charge >= 0.3 is 0 Å². The van der Waals surface area contributed by atoms with E-state index in [4.69, 9.17) is 16.3 Å². The van der Waals surface area contributed by atoms with Crippen molar-refractivity contribution in [3.63, 3.8) is 0 Å². The van der Waals surface area contributed by atoms with Crippen LogP contribution in [0, 0.1) is 5.82 Å². The molecule has 0 saturated carbocycles. The second-order valence-corrected chi connectivity index (χ2v) is 7.37. The van der Waals surface area contributed by atoms with E-state index in [9.17, 15) is 14.6 Å². The Balaban J connectivity index is 1.64. The minimum atomic E-state index is -1.11. The number of piperidine rings is 1. The number of aliphatic hydroxyl groups is 2. The van der Waals surface area contributed by atoms with Crippen LogP contribution in [0.5, 0.6) is 0 Å². The molecule has 0 bridgehead atoms. The molecule has 0 aliphatic carbocycles. The lowest BCUT2D eigenvalue weighted by atomic mass is 9.75. The van der Waals surface area contributed by atoms with Crippen molar-refractivity contribution in [1.82, 2.24) is 4.90 Å². The molecular weight excluding hydrogens is 321 g/mol. The molecule has 4 nitrogen and oxygen atoms in total. The third-order valence-electron chi connectivity index (χ3n) is 5.20. The largest absolute Gasteiger partial charge is 0.387 e. The molecule has 23 heavy (non-hydrogen) atoms. The molecule has 0 amide bonds. The van der Waals surface area contributed by atoms with Crippen LogP contribution in [0.1, 0.15) is 31.7 Å². The molecule has 2 atom stereocenters. The van der Waals surface area contributed by atoms with E-state index in [1.807, 2.05) is 0 Å². The average Bonchev–Trinajstić information content (AvgIpc) is 2.50. The first-order chi connectivity index (χ1) is 10.8. The van der Waals surface area contributed by atoms with E-state index in [2.05, 4.69) is 4.90 Å². The van der Waals surface area contributed by atoms with E-state index in [0.717, 1.165) is 0 Å². The molecular formula is C17H23ClFNO3. The first-order valence-electron chi connectivity index (χ1n) is 8.03. The molecule has 3 rings (SSSR count). The van der Waals surface area contributed by atoms with Crippen LogP contribution in [-0.4, -0.2) is 52.1 Å². The number of likely N-dealkylation sites (tertiary alicyclic amines) is 1. The summed E-state index contributed by atoms with van der Waals surface area (Å²) < 4.78 is 19.8. The van der Waals surface area contributed by atoms with E-state index < -0.39 is 17.3 Å². The first-order valence-corrected chi connectivity index (χ1v) is 8.41. The smallest absolute Gasteiger partial charge is 0.129 e. The van der Waals surface area contributed by atoms with E-state index in [1.165, 1.54) is 6.07 Å². The van der Waals surface area contributed by atoms with Crippen molar-refractivity contribution >= 4 is 11.6 Å². The Morgan fingerprint density at radius 2 is 2.04 bits per heavy atom. The molecule has 2 aliphatic heterocycles. The summed E-state index contributed by atoms with van der Waals surface area (Å²) in [4.78, 5) is 2.14. The molecule has 2 saturated heterocycles. The van der Waals surface area contributed by atoms with Crippen molar-refractivity contribution in [2.75, 3.05) is 19.7 Å². The van der Waals surface area contributed by atoms with Crippen LogP contribution in [0.2, 0.25) is 5.02 Å². The molecule has 128 valence electrons. The molecule has 2 fully saturated rings. The lowest BCUT2D eigenvalue weighted by Crippen LogP contribution is -2.64. The number of nitrogens with zero attached hydrogens (tertiary/aromatic N) is 1. The second kappa shape index (κ2) is 6.30. The molecule has 1 aromatic carbocycles. The van der Waals surface area contributed by atoms with Crippen molar-refractivity contribution in [3.8, 4) is 0 Å². The topological polar surface area (TPSA) is 52.9 Å². The molecule has 6 heteroatoms. The summed E-state index contributed by atoms with van der Waals surface area (Å²) in [5.74, 6) is -0.297. The number of aliphatic hydroxyl groups excluding tert-OH is 1. The van der Waals surface area contributed by atoms with Crippen LogP contribution in [0.3, 0.4) is 0 Å². The highest BCUT2D eigenvalue weighted by molar-refractivity contribution is 6.30. The molecule has 2 N–H and O–H groups in total. The average molecular weight is 344 g/mol. The molecule has 0 aromatic heterocycles. The Kier molecular flexibility index (Phi) is 4.69. The summed E-state index contributed by atoms with van der Waals surface area (Å²) in [6.07, 6.45) is 0.799. The zero-order valence-corrected chi connectivity index (χ0v) is 14.0. The van der Waals surface area contributed by atoms with E-state index in [1.54, 1.807) is 19.1 Å². The SMILES string of the molecule is C[C@@]1(O)CCOC2(CCN(Cc3ccc(Cl)cc3F)CC2)[C@H]1O. The Morgan fingerprint density at radius 1 is 1.35 bits per heavy atom. The van der Waals surface area contributed by atoms with Gasteiger partial charge in [0, 0.05) is 36.6 Å². The standard InChI is InChI=1S/C17H23ClFNO3/c1-16(22)6-9-23-17(15(16)21)4-7-20(8-5-17)11-12-2-3-13(18)10-14(12)19/h2-3,10,15,21-22H,4-9,11H2,1H3/t15-,16+/m0/s1. The Hall–Kier alpha value is -0.720. The molecule has 1 spiro atoms. The van der Waals surface area contributed by atoms with Crippen LogP contribution in [0.25, 0.3) is 0 Å². The van der Waals surface area contributed by atoms with Crippen LogP contribution >= 0.6 is 11.6 Å². The number of hydrogen-bond donors (Lipinski definition) is 2. The number of ether oxygens (including phenoxy) is 1. The highest BCUT2D eigenvalue weighted by Gasteiger charge is 2.52. The van der Waals surface area contributed by atoms with Crippen molar-refractivity contribution in [1.29, 1.82) is 0 Å². The second-order valence-electron chi connectivity index (χ2n) is 6.93.